The Kier molecular flexibility index (Phi) is 7.39. The molecule has 0 saturated heterocycles. The first-order valence-corrected chi connectivity index (χ1v) is 10.5. The van der Waals surface area contributed by atoms with E-state index in [0.29, 0.717) is 41.0 Å². The van der Waals surface area contributed by atoms with E-state index in [9.17, 15) is 0 Å². The van der Waals surface area contributed by atoms with Crippen molar-refractivity contribution >= 4 is 48.5 Å². The lowest BCUT2D eigenvalue weighted by atomic mass is 9.83. The molecule has 0 saturated carbocycles. The van der Waals surface area contributed by atoms with Gasteiger partial charge in [-0.3, -0.25) is 0 Å². The molecule has 0 bridgehead atoms. The van der Waals surface area contributed by atoms with E-state index in [4.69, 9.17) is 19.5 Å². The van der Waals surface area contributed by atoms with E-state index in [1.807, 2.05) is 0 Å². The van der Waals surface area contributed by atoms with E-state index in [1.54, 1.807) is 0 Å². The van der Waals surface area contributed by atoms with Gasteiger partial charge in [0.1, 0.15) is 0 Å². The van der Waals surface area contributed by atoms with Crippen LogP contribution in [0.1, 0.15) is 30.9 Å². The lowest BCUT2D eigenvalue weighted by Crippen LogP contribution is -2.22. The SMILES string of the molecule is CC1(I)c2cc(BOCCCO)ccc2-c2ccc(BOCCCO)cc21. The van der Waals surface area contributed by atoms with Gasteiger partial charge in [0.2, 0.25) is 0 Å². The summed E-state index contributed by atoms with van der Waals surface area (Å²) in [7, 11) is 1.14. The Balaban J connectivity index is 1.77. The third-order valence-electron chi connectivity index (χ3n) is 4.90. The van der Waals surface area contributed by atoms with Crippen LogP contribution in [0.15, 0.2) is 36.4 Å². The summed E-state index contributed by atoms with van der Waals surface area (Å²) in [6.07, 6.45) is 1.34. The molecule has 0 spiro atoms. The normalized spacial score (nSPS) is 13.9. The Morgan fingerprint density at radius 3 is 1.70 bits per heavy atom. The summed E-state index contributed by atoms with van der Waals surface area (Å²) >= 11 is 2.54. The number of rotatable bonds is 10. The number of aliphatic hydroxyl groups excluding tert-OH is 2. The molecule has 0 atom stereocenters. The van der Waals surface area contributed by atoms with Crippen molar-refractivity contribution < 1.29 is 19.5 Å². The third kappa shape index (κ3) is 4.77. The van der Waals surface area contributed by atoms with Crippen LogP contribution in [-0.2, 0) is 12.7 Å². The van der Waals surface area contributed by atoms with Crippen LogP contribution in [-0.4, -0.2) is 51.6 Å². The van der Waals surface area contributed by atoms with Gasteiger partial charge in [-0.2, -0.15) is 0 Å². The number of aliphatic hydroxyl groups is 2. The molecular weight excluding hydrogens is 453 g/mol. The maximum atomic E-state index is 8.86. The van der Waals surface area contributed by atoms with Gasteiger partial charge >= 0.3 is 15.0 Å². The van der Waals surface area contributed by atoms with E-state index in [2.05, 4.69) is 65.9 Å². The molecule has 2 aromatic carbocycles. The second-order valence-electron chi connectivity index (χ2n) is 7.02. The molecule has 0 fully saturated rings. The molecule has 142 valence electrons. The molecule has 2 aromatic rings. The number of hydrogen-bond donors (Lipinski definition) is 2. The van der Waals surface area contributed by atoms with Crippen molar-refractivity contribution in [2.24, 2.45) is 0 Å². The zero-order chi connectivity index (χ0) is 19.3. The van der Waals surface area contributed by atoms with Crippen molar-refractivity contribution in [2.75, 3.05) is 26.4 Å². The summed E-state index contributed by atoms with van der Waals surface area (Å²) in [6, 6.07) is 13.1. The Morgan fingerprint density at radius 1 is 0.852 bits per heavy atom. The zero-order valence-electron chi connectivity index (χ0n) is 15.7. The Bertz CT molecular complexity index is 719. The van der Waals surface area contributed by atoms with Gasteiger partial charge in [0.15, 0.2) is 0 Å². The van der Waals surface area contributed by atoms with Crippen LogP contribution in [0, 0.1) is 0 Å². The first-order chi connectivity index (χ1) is 13.1. The molecule has 4 nitrogen and oxygen atoms in total. The van der Waals surface area contributed by atoms with Gasteiger partial charge in [0.25, 0.3) is 0 Å². The number of hydrogen-bond acceptors (Lipinski definition) is 4. The average Bonchev–Trinajstić information content (AvgIpc) is 2.89. The van der Waals surface area contributed by atoms with Gasteiger partial charge < -0.3 is 19.5 Å². The smallest absolute Gasteiger partial charge is 0.308 e. The fraction of sp³-hybridized carbons (Fsp3) is 0.400. The molecule has 1 aliphatic carbocycles. The van der Waals surface area contributed by atoms with E-state index in [1.165, 1.54) is 22.3 Å². The minimum Gasteiger partial charge on any atom is -0.434 e. The largest absolute Gasteiger partial charge is 0.434 e. The van der Waals surface area contributed by atoms with Crippen molar-refractivity contribution in [2.45, 2.75) is 23.2 Å². The lowest BCUT2D eigenvalue weighted by molar-refractivity contribution is 0.240. The molecule has 0 aliphatic heterocycles. The van der Waals surface area contributed by atoms with Gasteiger partial charge in [-0.15, -0.1) is 0 Å². The molecule has 3 rings (SSSR count). The number of halogens is 1. The van der Waals surface area contributed by atoms with E-state index in [-0.39, 0.29) is 16.6 Å². The maximum Gasteiger partial charge on any atom is 0.308 e. The fourth-order valence-electron chi connectivity index (χ4n) is 3.47. The highest BCUT2D eigenvalue weighted by Gasteiger charge is 2.37. The second-order valence-corrected chi connectivity index (χ2v) is 9.18. The van der Waals surface area contributed by atoms with Crippen molar-refractivity contribution in [1.29, 1.82) is 0 Å². The van der Waals surface area contributed by atoms with E-state index >= 15 is 0 Å². The molecule has 7 heteroatoms. The van der Waals surface area contributed by atoms with Gasteiger partial charge in [0.05, 0.1) is 3.42 Å². The van der Waals surface area contributed by atoms with Crippen LogP contribution in [0.3, 0.4) is 0 Å². The maximum absolute atomic E-state index is 8.86. The number of fused-ring (bicyclic) bond motifs is 3. The van der Waals surface area contributed by atoms with Crippen molar-refractivity contribution in [1.82, 2.24) is 0 Å². The highest BCUT2D eigenvalue weighted by Crippen LogP contribution is 2.51. The standard InChI is InChI=1S/C20H25B2IO4/c1-20(23)18-12-14(21-26-10-2-8-24)4-6-16(18)17-7-5-15(13-19(17)20)22-27-11-3-9-25/h4-7,12-13,21-22,24-25H,2-3,8-11H2,1H3. The molecule has 0 aromatic heterocycles. The minimum absolute atomic E-state index is 0.0926. The fourth-order valence-corrected chi connectivity index (χ4v) is 4.36. The monoisotopic (exact) mass is 478 g/mol. The molecule has 1 aliphatic rings. The first-order valence-electron chi connectivity index (χ1n) is 9.41. The molecule has 27 heavy (non-hydrogen) atoms. The van der Waals surface area contributed by atoms with Crippen LogP contribution >= 0.6 is 22.6 Å². The van der Waals surface area contributed by atoms with E-state index in [0.717, 1.165) is 10.9 Å². The predicted molar refractivity (Wildman–Crippen MR) is 121 cm³/mol. The van der Waals surface area contributed by atoms with Gasteiger partial charge in [-0.05, 0) is 42.0 Å². The Morgan fingerprint density at radius 2 is 1.30 bits per heavy atom. The van der Waals surface area contributed by atoms with Crippen molar-refractivity contribution in [3.05, 3.63) is 47.5 Å². The highest BCUT2D eigenvalue weighted by atomic mass is 127. The highest BCUT2D eigenvalue weighted by molar-refractivity contribution is 14.1. The van der Waals surface area contributed by atoms with Crippen LogP contribution in [0.2, 0.25) is 0 Å². The topological polar surface area (TPSA) is 58.9 Å². The third-order valence-corrected chi connectivity index (χ3v) is 6.06. The number of benzene rings is 2. The van der Waals surface area contributed by atoms with Gasteiger partial charge in [-0.25, -0.2) is 0 Å². The minimum atomic E-state index is -0.0926. The summed E-state index contributed by atoms with van der Waals surface area (Å²) in [5.41, 5.74) is 7.53. The molecule has 0 radical (unpaired) electrons. The molecule has 0 unspecified atom stereocenters. The zero-order valence-corrected chi connectivity index (χ0v) is 17.9. The summed E-state index contributed by atoms with van der Waals surface area (Å²) in [5.74, 6) is 0. The lowest BCUT2D eigenvalue weighted by Gasteiger charge is -2.20. The average molecular weight is 478 g/mol. The second kappa shape index (κ2) is 9.56. The summed E-state index contributed by atoms with van der Waals surface area (Å²) in [4.78, 5) is 0. The van der Waals surface area contributed by atoms with Crippen molar-refractivity contribution in [3.8, 4) is 11.1 Å². The summed E-state index contributed by atoms with van der Waals surface area (Å²) in [5, 5.41) is 17.7. The molecule has 2 N–H and O–H groups in total. The number of alkyl halides is 1. The van der Waals surface area contributed by atoms with Crippen molar-refractivity contribution in [3.63, 3.8) is 0 Å². The van der Waals surface area contributed by atoms with Crippen LogP contribution in [0.4, 0.5) is 0 Å². The first kappa shape index (κ1) is 20.9. The predicted octanol–water partition coefficient (Wildman–Crippen LogP) is 1.12. The van der Waals surface area contributed by atoms with Crippen LogP contribution in [0.25, 0.3) is 11.1 Å². The summed E-state index contributed by atoms with van der Waals surface area (Å²) < 4.78 is 11.2. The van der Waals surface area contributed by atoms with Crippen LogP contribution < -0.4 is 10.9 Å². The molecular formula is C20H25B2IO4. The van der Waals surface area contributed by atoms with Gasteiger partial charge in [0, 0.05) is 26.4 Å². The van der Waals surface area contributed by atoms with Gasteiger partial charge in [-0.1, -0.05) is 69.9 Å². The molecule has 0 amide bonds. The Labute approximate surface area is 176 Å². The van der Waals surface area contributed by atoms with E-state index < -0.39 is 0 Å². The molecule has 0 heterocycles. The Hall–Kier alpha value is -0.860. The summed E-state index contributed by atoms with van der Waals surface area (Å²) in [6.45, 7) is 3.74. The quantitative estimate of drug-likeness (QED) is 0.233. The van der Waals surface area contributed by atoms with Crippen LogP contribution in [0.5, 0.6) is 0 Å².